The van der Waals surface area contributed by atoms with Crippen molar-refractivity contribution in [2.45, 2.75) is 26.3 Å². The second-order valence-electron chi connectivity index (χ2n) is 6.70. The van der Waals surface area contributed by atoms with Crippen LogP contribution in [0.3, 0.4) is 0 Å². The second-order valence-corrected chi connectivity index (χ2v) is 7.11. The van der Waals surface area contributed by atoms with Gasteiger partial charge in [0.2, 0.25) is 0 Å². The van der Waals surface area contributed by atoms with Gasteiger partial charge in [-0.25, -0.2) is 9.38 Å². The first-order valence-electron chi connectivity index (χ1n) is 8.35. The largest absolute Gasteiger partial charge is 0.322 e. The first-order chi connectivity index (χ1) is 12.7. The average Bonchev–Trinajstić information content (AvgIpc) is 2.94. The molecule has 0 aliphatic carbocycles. The van der Waals surface area contributed by atoms with Crippen molar-refractivity contribution in [3.63, 3.8) is 0 Å². The number of hydrogen-bond acceptors (Lipinski definition) is 4. The summed E-state index contributed by atoms with van der Waals surface area (Å²) in [5, 5.41) is 5.26. The van der Waals surface area contributed by atoms with E-state index < -0.39 is 17.3 Å². The Morgan fingerprint density at radius 1 is 1.33 bits per heavy atom. The zero-order valence-electron chi connectivity index (χ0n) is 15.0. The summed E-state index contributed by atoms with van der Waals surface area (Å²) in [6.45, 7) is 5.54. The fourth-order valence-corrected chi connectivity index (χ4v) is 2.78. The van der Waals surface area contributed by atoms with Crippen molar-refractivity contribution in [3.8, 4) is 0 Å². The van der Waals surface area contributed by atoms with Crippen LogP contribution in [-0.4, -0.2) is 28.2 Å². The van der Waals surface area contributed by atoms with Gasteiger partial charge in [-0.1, -0.05) is 25.4 Å². The Bertz CT molecular complexity index is 960. The van der Waals surface area contributed by atoms with E-state index in [9.17, 15) is 14.0 Å². The third-order valence-corrected chi connectivity index (χ3v) is 4.90. The van der Waals surface area contributed by atoms with Crippen LogP contribution >= 0.6 is 11.6 Å². The number of carbonyl (C=O) groups excluding carboxylic acids is 2. The van der Waals surface area contributed by atoms with Gasteiger partial charge in [0.15, 0.2) is 5.84 Å². The smallest absolute Gasteiger partial charge is 0.257 e. The summed E-state index contributed by atoms with van der Waals surface area (Å²) in [5.74, 6) is -1.07. The maximum absolute atomic E-state index is 13.3. The lowest BCUT2D eigenvalue weighted by Gasteiger charge is -2.21. The summed E-state index contributed by atoms with van der Waals surface area (Å²) in [6, 6.07) is 7.06. The van der Waals surface area contributed by atoms with Crippen molar-refractivity contribution < 1.29 is 14.0 Å². The fraction of sp³-hybridized carbons (Fsp3) is 0.263. The topological polar surface area (TPSA) is 83.4 Å². The third kappa shape index (κ3) is 3.55. The van der Waals surface area contributed by atoms with Crippen molar-refractivity contribution in [3.05, 3.63) is 58.6 Å². The molecule has 8 heteroatoms. The monoisotopic (exact) mass is 388 g/mol. The number of hydrogen-bond donors (Lipinski definition) is 2. The van der Waals surface area contributed by atoms with Crippen LogP contribution in [-0.2, 0) is 4.79 Å². The molecule has 0 unspecified atom stereocenters. The van der Waals surface area contributed by atoms with Gasteiger partial charge >= 0.3 is 0 Å². The molecule has 3 rings (SSSR count). The molecule has 1 aliphatic rings. The van der Waals surface area contributed by atoms with E-state index in [2.05, 4.69) is 20.6 Å². The van der Waals surface area contributed by atoms with Crippen molar-refractivity contribution in [2.75, 3.05) is 5.32 Å². The molecule has 2 aromatic rings. The van der Waals surface area contributed by atoms with Crippen LogP contribution in [0.25, 0.3) is 0 Å². The summed E-state index contributed by atoms with van der Waals surface area (Å²) >= 11 is 5.75. The normalized spacial score (nSPS) is 19.0. The highest BCUT2D eigenvalue weighted by atomic mass is 35.5. The molecule has 0 saturated heterocycles. The molecular formula is C19H18ClFN4O2. The Morgan fingerprint density at radius 3 is 2.70 bits per heavy atom. The molecule has 0 bridgehead atoms. The van der Waals surface area contributed by atoms with Gasteiger partial charge in [-0.2, -0.15) is 0 Å². The highest BCUT2D eigenvalue weighted by Crippen LogP contribution is 2.27. The quantitative estimate of drug-likeness (QED) is 0.841. The van der Waals surface area contributed by atoms with Gasteiger partial charge in [0.1, 0.15) is 17.1 Å². The Morgan fingerprint density at radius 2 is 2.07 bits per heavy atom. The number of carbonyl (C=O) groups is 2. The molecule has 1 atom stereocenters. The fourth-order valence-electron chi connectivity index (χ4n) is 2.60. The lowest BCUT2D eigenvalue weighted by Crippen LogP contribution is -2.41. The maximum Gasteiger partial charge on any atom is 0.257 e. The number of aliphatic imine (C=N–C) groups is 1. The number of nitrogens with zero attached hydrogens (tertiary/aromatic N) is 2. The second kappa shape index (κ2) is 7.08. The van der Waals surface area contributed by atoms with Gasteiger partial charge in [0.25, 0.3) is 11.8 Å². The summed E-state index contributed by atoms with van der Waals surface area (Å²) in [5.41, 5.74) is -0.0954. The van der Waals surface area contributed by atoms with E-state index >= 15 is 0 Å². The highest BCUT2D eigenvalue weighted by Gasteiger charge is 2.42. The molecule has 1 aromatic carbocycles. The number of benzene rings is 1. The minimum Gasteiger partial charge on any atom is -0.322 e. The summed E-state index contributed by atoms with van der Waals surface area (Å²) < 4.78 is 13.3. The number of amides is 2. The lowest BCUT2D eigenvalue weighted by molar-refractivity contribution is -0.124. The summed E-state index contributed by atoms with van der Waals surface area (Å²) in [7, 11) is 0. The highest BCUT2D eigenvalue weighted by molar-refractivity contribution is 6.31. The average molecular weight is 389 g/mol. The first kappa shape index (κ1) is 19.0. The Hall–Kier alpha value is -2.80. The van der Waals surface area contributed by atoms with Gasteiger partial charge in [-0.05, 0) is 43.2 Å². The van der Waals surface area contributed by atoms with Crippen LogP contribution in [0.1, 0.15) is 36.8 Å². The van der Waals surface area contributed by atoms with Gasteiger partial charge in [0.05, 0.1) is 10.6 Å². The van der Waals surface area contributed by atoms with Gasteiger partial charge in [-0.15, -0.1) is 0 Å². The first-order valence-corrected chi connectivity index (χ1v) is 8.73. The molecule has 2 amide bonds. The SMILES string of the molecule is CC(C)[C@@]1(C)N=C(c2ncccc2C(=O)Nc2ccc(F)c(Cl)c2)NC1=O. The minimum absolute atomic E-state index is 0.0302. The molecule has 27 heavy (non-hydrogen) atoms. The van der Waals surface area contributed by atoms with Crippen molar-refractivity contribution in [2.24, 2.45) is 10.9 Å². The Balaban J connectivity index is 1.94. The third-order valence-electron chi connectivity index (χ3n) is 4.61. The minimum atomic E-state index is -0.926. The van der Waals surface area contributed by atoms with Gasteiger partial charge in [0, 0.05) is 11.9 Å². The number of halogens is 2. The zero-order valence-corrected chi connectivity index (χ0v) is 15.8. The van der Waals surface area contributed by atoms with Gasteiger partial charge in [-0.3, -0.25) is 14.6 Å². The summed E-state index contributed by atoms with van der Waals surface area (Å²) in [6.07, 6.45) is 1.51. The molecule has 2 heterocycles. The molecule has 1 aliphatic heterocycles. The Kier molecular flexibility index (Phi) is 4.97. The van der Waals surface area contributed by atoms with Gasteiger partial charge < -0.3 is 10.6 Å². The van der Waals surface area contributed by atoms with E-state index in [-0.39, 0.29) is 33.9 Å². The number of rotatable bonds is 4. The molecule has 140 valence electrons. The lowest BCUT2D eigenvalue weighted by atomic mass is 9.89. The van der Waals surface area contributed by atoms with Crippen molar-refractivity contribution in [1.82, 2.24) is 10.3 Å². The molecule has 1 aromatic heterocycles. The maximum atomic E-state index is 13.3. The molecule has 6 nitrogen and oxygen atoms in total. The van der Waals surface area contributed by atoms with E-state index in [4.69, 9.17) is 11.6 Å². The molecular weight excluding hydrogens is 371 g/mol. The number of nitrogens with one attached hydrogen (secondary N) is 2. The molecule has 2 N–H and O–H groups in total. The van der Waals surface area contributed by atoms with E-state index in [0.717, 1.165) is 6.07 Å². The van der Waals surface area contributed by atoms with E-state index in [1.54, 1.807) is 19.1 Å². The van der Waals surface area contributed by atoms with Crippen molar-refractivity contribution >= 4 is 34.9 Å². The number of pyridine rings is 1. The van der Waals surface area contributed by atoms with E-state index in [1.165, 1.54) is 18.3 Å². The predicted molar refractivity (Wildman–Crippen MR) is 102 cm³/mol. The molecule has 0 saturated carbocycles. The molecule has 0 fully saturated rings. The zero-order chi connectivity index (χ0) is 19.8. The standard InChI is InChI=1S/C19H18ClFN4O2/c1-10(2)19(3)18(27)24-16(25-19)15-12(5-4-8-22-15)17(26)23-11-6-7-14(21)13(20)9-11/h4-10H,1-3H3,(H,23,26)(H,24,25,27)/t19-/m1/s1. The van der Waals surface area contributed by atoms with Crippen LogP contribution in [0.4, 0.5) is 10.1 Å². The van der Waals surface area contributed by atoms with E-state index in [0.29, 0.717) is 5.69 Å². The number of amidine groups is 1. The van der Waals surface area contributed by atoms with Crippen LogP contribution in [0.2, 0.25) is 5.02 Å². The van der Waals surface area contributed by atoms with Crippen LogP contribution in [0.15, 0.2) is 41.5 Å². The van der Waals surface area contributed by atoms with Crippen molar-refractivity contribution in [1.29, 1.82) is 0 Å². The number of aromatic nitrogens is 1. The van der Waals surface area contributed by atoms with Crippen LogP contribution < -0.4 is 10.6 Å². The molecule has 0 radical (unpaired) electrons. The Labute approximate surface area is 160 Å². The van der Waals surface area contributed by atoms with Crippen LogP contribution in [0, 0.1) is 11.7 Å². The summed E-state index contributed by atoms with van der Waals surface area (Å²) in [4.78, 5) is 33.8. The van der Waals surface area contributed by atoms with E-state index in [1.807, 2.05) is 13.8 Å². The number of anilines is 1. The predicted octanol–water partition coefficient (Wildman–Crippen LogP) is 3.42. The van der Waals surface area contributed by atoms with Crippen LogP contribution in [0.5, 0.6) is 0 Å². The molecule has 0 spiro atoms.